The molecule has 13 heavy (non-hydrogen) atoms. The average Bonchev–Trinajstić information content (AvgIpc) is 2.17. The summed E-state index contributed by atoms with van der Waals surface area (Å²) in [5, 5.41) is 0. The normalized spacial score (nSPS) is 11.6. The van der Waals surface area contributed by atoms with E-state index in [0.717, 1.165) is 5.56 Å². The predicted octanol–water partition coefficient (Wildman–Crippen LogP) is 1.73. The second-order valence-corrected chi connectivity index (χ2v) is 2.94. The van der Waals surface area contributed by atoms with Crippen molar-refractivity contribution in [2.45, 2.75) is 12.7 Å². The Balaban J connectivity index is 3.12. The van der Waals surface area contributed by atoms with Gasteiger partial charge in [-0.25, -0.2) is 0 Å². The molecule has 0 atom stereocenters. The number of ether oxygens (including phenoxy) is 2. The first-order valence-corrected chi connectivity index (χ1v) is 4.09. The van der Waals surface area contributed by atoms with Gasteiger partial charge in [0.2, 0.25) is 0 Å². The quantitative estimate of drug-likeness (QED) is 0.570. The Labute approximate surface area is 78.5 Å². The molecule has 0 heterocycles. The van der Waals surface area contributed by atoms with Crippen molar-refractivity contribution < 1.29 is 9.47 Å². The Kier molecular flexibility index (Phi) is 2.90. The maximum absolute atomic E-state index is 5.80. The topological polar surface area (TPSA) is 44.5 Å². The second kappa shape index (κ2) is 3.77. The second-order valence-electron chi connectivity index (χ2n) is 2.94. The molecule has 0 spiro atoms. The Morgan fingerprint density at radius 1 is 1.15 bits per heavy atom. The number of rotatable bonds is 3. The molecule has 0 unspecified atom stereocenters. The van der Waals surface area contributed by atoms with Gasteiger partial charge >= 0.3 is 0 Å². The summed E-state index contributed by atoms with van der Waals surface area (Å²) in [5.41, 5.74) is 7.32. The Hall–Kier alpha value is -1.06. The van der Waals surface area contributed by atoms with Crippen molar-refractivity contribution >= 4 is 5.69 Å². The molecule has 0 aliphatic heterocycles. The summed E-state index contributed by atoms with van der Waals surface area (Å²) in [6.07, 6.45) is 0. The lowest BCUT2D eigenvalue weighted by Crippen LogP contribution is -2.27. The third-order valence-electron chi connectivity index (χ3n) is 2.23. The number of hydrogen-bond acceptors (Lipinski definition) is 3. The minimum atomic E-state index is -0.759. The number of methoxy groups -OCH3 is 2. The van der Waals surface area contributed by atoms with E-state index in [2.05, 4.69) is 0 Å². The van der Waals surface area contributed by atoms with Gasteiger partial charge in [-0.2, -0.15) is 0 Å². The zero-order valence-corrected chi connectivity index (χ0v) is 8.20. The van der Waals surface area contributed by atoms with Crippen LogP contribution in [0.15, 0.2) is 24.3 Å². The van der Waals surface area contributed by atoms with Gasteiger partial charge in [-0.1, -0.05) is 18.2 Å². The summed E-state index contributed by atoms with van der Waals surface area (Å²) in [7, 11) is 3.19. The molecule has 0 fully saturated rings. The largest absolute Gasteiger partial charge is 0.398 e. The molecule has 2 N–H and O–H groups in total. The van der Waals surface area contributed by atoms with Gasteiger partial charge in [0.15, 0.2) is 5.79 Å². The number of anilines is 1. The van der Waals surface area contributed by atoms with E-state index < -0.39 is 5.79 Å². The highest BCUT2D eigenvalue weighted by molar-refractivity contribution is 5.48. The molecular weight excluding hydrogens is 166 g/mol. The van der Waals surface area contributed by atoms with Crippen LogP contribution >= 0.6 is 0 Å². The fourth-order valence-electron chi connectivity index (χ4n) is 1.21. The lowest BCUT2D eigenvalue weighted by molar-refractivity contribution is -0.201. The van der Waals surface area contributed by atoms with Crippen LogP contribution in [-0.4, -0.2) is 14.2 Å². The minimum Gasteiger partial charge on any atom is -0.398 e. The molecule has 0 amide bonds. The van der Waals surface area contributed by atoms with Crippen molar-refractivity contribution in [2.24, 2.45) is 0 Å². The van der Waals surface area contributed by atoms with Gasteiger partial charge in [0.25, 0.3) is 0 Å². The monoisotopic (exact) mass is 181 g/mol. The van der Waals surface area contributed by atoms with E-state index in [1.165, 1.54) is 0 Å². The highest BCUT2D eigenvalue weighted by Crippen LogP contribution is 2.29. The summed E-state index contributed by atoms with van der Waals surface area (Å²) < 4.78 is 10.5. The third kappa shape index (κ3) is 1.82. The molecule has 3 heteroatoms. The molecule has 1 rings (SSSR count). The molecule has 0 aromatic heterocycles. The van der Waals surface area contributed by atoms with E-state index in [1.54, 1.807) is 14.2 Å². The van der Waals surface area contributed by atoms with E-state index in [1.807, 2.05) is 31.2 Å². The number of benzene rings is 1. The van der Waals surface area contributed by atoms with E-state index in [0.29, 0.717) is 5.69 Å². The fraction of sp³-hybridized carbons (Fsp3) is 0.400. The Morgan fingerprint density at radius 2 is 1.69 bits per heavy atom. The first kappa shape index (κ1) is 10.0. The highest BCUT2D eigenvalue weighted by atomic mass is 16.7. The van der Waals surface area contributed by atoms with E-state index in [4.69, 9.17) is 15.2 Å². The number of para-hydroxylation sites is 1. The van der Waals surface area contributed by atoms with Crippen LogP contribution in [0, 0.1) is 0 Å². The number of hydrogen-bond donors (Lipinski definition) is 1. The van der Waals surface area contributed by atoms with Crippen LogP contribution < -0.4 is 5.73 Å². The van der Waals surface area contributed by atoms with Gasteiger partial charge in [-0.15, -0.1) is 0 Å². The maximum atomic E-state index is 5.80. The molecule has 0 bridgehead atoms. The summed E-state index contributed by atoms with van der Waals surface area (Å²) >= 11 is 0. The minimum absolute atomic E-state index is 0.675. The van der Waals surface area contributed by atoms with Crippen molar-refractivity contribution in [1.82, 2.24) is 0 Å². The molecule has 0 radical (unpaired) electrons. The lowest BCUT2D eigenvalue weighted by atomic mass is 10.1. The molecule has 0 aliphatic carbocycles. The maximum Gasteiger partial charge on any atom is 0.193 e. The van der Waals surface area contributed by atoms with Crippen LogP contribution in [0.4, 0.5) is 5.69 Å². The summed E-state index contributed by atoms with van der Waals surface area (Å²) in [5.74, 6) is -0.759. The average molecular weight is 181 g/mol. The van der Waals surface area contributed by atoms with E-state index >= 15 is 0 Å². The van der Waals surface area contributed by atoms with Crippen molar-refractivity contribution in [3.05, 3.63) is 29.8 Å². The molecule has 0 saturated carbocycles. The van der Waals surface area contributed by atoms with Crippen LogP contribution in [0.1, 0.15) is 12.5 Å². The van der Waals surface area contributed by atoms with Gasteiger partial charge in [0.05, 0.1) is 0 Å². The summed E-state index contributed by atoms with van der Waals surface area (Å²) in [6, 6.07) is 7.50. The molecule has 0 aliphatic rings. The zero-order valence-electron chi connectivity index (χ0n) is 8.20. The van der Waals surface area contributed by atoms with Crippen molar-refractivity contribution in [1.29, 1.82) is 0 Å². The Morgan fingerprint density at radius 3 is 2.15 bits per heavy atom. The Bertz CT molecular complexity index is 282. The number of nitrogen functional groups attached to an aromatic ring is 1. The molecule has 0 saturated heterocycles. The van der Waals surface area contributed by atoms with Gasteiger partial charge in [0.1, 0.15) is 0 Å². The van der Waals surface area contributed by atoms with Crippen molar-refractivity contribution in [2.75, 3.05) is 20.0 Å². The zero-order chi connectivity index (χ0) is 9.90. The highest BCUT2D eigenvalue weighted by Gasteiger charge is 2.27. The first-order chi connectivity index (χ1) is 6.14. The van der Waals surface area contributed by atoms with Crippen LogP contribution in [-0.2, 0) is 15.3 Å². The number of nitrogens with two attached hydrogens (primary N) is 1. The summed E-state index contributed by atoms with van der Waals surface area (Å²) in [4.78, 5) is 0. The van der Waals surface area contributed by atoms with Gasteiger partial charge in [0, 0.05) is 25.5 Å². The van der Waals surface area contributed by atoms with Gasteiger partial charge in [-0.05, 0) is 13.0 Å². The fourth-order valence-corrected chi connectivity index (χ4v) is 1.21. The van der Waals surface area contributed by atoms with Crippen LogP contribution in [0.3, 0.4) is 0 Å². The van der Waals surface area contributed by atoms with E-state index in [-0.39, 0.29) is 0 Å². The SMILES string of the molecule is COC(C)(OC)c1ccccc1N. The van der Waals surface area contributed by atoms with Gasteiger partial charge < -0.3 is 15.2 Å². The standard InChI is InChI=1S/C10H15NO2/c1-10(12-2,13-3)8-6-4-5-7-9(8)11/h4-7H,11H2,1-3H3. The first-order valence-electron chi connectivity index (χ1n) is 4.09. The molecule has 3 nitrogen and oxygen atoms in total. The molecular formula is C10H15NO2. The van der Waals surface area contributed by atoms with Crippen LogP contribution in [0.5, 0.6) is 0 Å². The summed E-state index contributed by atoms with van der Waals surface area (Å²) in [6.45, 7) is 1.83. The predicted molar refractivity (Wildman–Crippen MR) is 52.2 cm³/mol. The third-order valence-corrected chi connectivity index (χ3v) is 2.23. The smallest absolute Gasteiger partial charge is 0.193 e. The van der Waals surface area contributed by atoms with Crippen molar-refractivity contribution in [3.8, 4) is 0 Å². The van der Waals surface area contributed by atoms with Crippen LogP contribution in [0.25, 0.3) is 0 Å². The molecule has 1 aromatic rings. The molecule has 72 valence electrons. The van der Waals surface area contributed by atoms with E-state index in [9.17, 15) is 0 Å². The van der Waals surface area contributed by atoms with Crippen LogP contribution in [0.2, 0.25) is 0 Å². The molecule has 1 aromatic carbocycles. The van der Waals surface area contributed by atoms with Gasteiger partial charge in [-0.3, -0.25) is 0 Å². The lowest BCUT2D eigenvalue weighted by Gasteiger charge is -2.27. The van der Waals surface area contributed by atoms with Crippen molar-refractivity contribution in [3.63, 3.8) is 0 Å².